The van der Waals surface area contributed by atoms with Gasteiger partial charge in [0.1, 0.15) is 5.75 Å². The Morgan fingerprint density at radius 1 is 1.27 bits per heavy atom. The number of rotatable bonds is 5. The highest BCUT2D eigenvalue weighted by Gasteiger charge is 2.17. The molecule has 0 atom stereocenters. The van der Waals surface area contributed by atoms with Gasteiger partial charge in [0.2, 0.25) is 11.7 Å². The number of hydrogen-bond acceptors (Lipinski definition) is 5. The van der Waals surface area contributed by atoms with Gasteiger partial charge in [-0.2, -0.15) is 4.98 Å². The van der Waals surface area contributed by atoms with Crippen LogP contribution in [0.2, 0.25) is 5.02 Å². The minimum absolute atomic E-state index is 0.145. The van der Waals surface area contributed by atoms with Crippen LogP contribution in [0.15, 0.2) is 47.0 Å². The summed E-state index contributed by atoms with van der Waals surface area (Å²) in [6.07, 6.45) is 0. The number of aryl methyl sites for hydroxylation is 1. The summed E-state index contributed by atoms with van der Waals surface area (Å²) >= 11 is 6.15. The standard InChI is InChI=1S/C19H18ClN3O3/c1-12-10-13(8-9-16(12)25-3)19(24)23(2)11-17-21-18(22-26-17)14-6-4-5-7-15(14)20/h4-10H,11H2,1-3H3. The van der Waals surface area contributed by atoms with Gasteiger partial charge in [0.25, 0.3) is 5.91 Å². The molecule has 3 rings (SSSR count). The lowest BCUT2D eigenvalue weighted by molar-refractivity contribution is 0.0769. The van der Waals surface area contributed by atoms with Crippen LogP contribution in [0.4, 0.5) is 0 Å². The highest BCUT2D eigenvalue weighted by Crippen LogP contribution is 2.25. The first kappa shape index (κ1) is 17.9. The van der Waals surface area contributed by atoms with E-state index < -0.39 is 0 Å². The van der Waals surface area contributed by atoms with E-state index in [9.17, 15) is 4.79 Å². The molecule has 2 aromatic carbocycles. The molecule has 134 valence electrons. The molecule has 0 aliphatic heterocycles. The van der Waals surface area contributed by atoms with E-state index >= 15 is 0 Å². The van der Waals surface area contributed by atoms with Crippen molar-refractivity contribution in [3.8, 4) is 17.1 Å². The van der Waals surface area contributed by atoms with E-state index in [4.69, 9.17) is 20.9 Å². The van der Waals surface area contributed by atoms with Crippen LogP contribution in [-0.4, -0.2) is 35.1 Å². The Bertz CT molecular complexity index is 939. The monoisotopic (exact) mass is 371 g/mol. The molecule has 1 heterocycles. The molecular formula is C19H18ClN3O3. The van der Waals surface area contributed by atoms with Crippen molar-refractivity contribution in [1.29, 1.82) is 0 Å². The maximum atomic E-state index is 12.6. The predicted molar refractivity (Wildman–Crippen MR) is 98.3 cm³/mol. The van der Waals surface area contributed by atoms with E-state index in [2.05, 4.69) is 10.1 Å². The second-order valence-corrected chi connectivity index (χ2v) is 6.24. The summed E-state index contributed by atoms with van der Waals surface area (Å²) in [5, 5.41) is 4.48. The van der Waals surface area contributed by atoms with Crippen LogP contribution >= 0.6 is 11.6 Å². The Morgan fingerprint density at radius 3 is 2.73 bits per heavy atom. The summed E-state index contributed by atoms with van der Waals surface area (Å²) in [4.78, 5) is 18.5. The molecular weight excluding hydrogens is 354 g/mol. The first-order valence-electron chi connectivity index (χ1n) is 7.97. The molecule has 0 spiro atoms. The van der Waals surface area contributed by atoms with E-state index in [0.29, 0.717) is 27.9 Å². The number of carbonyl (C=O) groups excluding carboxylic acids is 1. The molecule has 3 aromatic rings. The lowest BCUT2D eigenvalue weighted by Crippen LogP contribution is -2.26. The fourth-order valence-electron chi connectivity index (χ4n) is 2.58. The number of methoxy groups -OCH3 is 1. The molecule has 0 aliphatic carbocycles. The Hall–Kier alpha value is -2.86. The van der Waals surface area contributed by atoms with Crippen molar-refractivity contribution in [2.45, 2.75) is 13.5 Å². The molecule has 0 radical (unpaired) electrons. The highest BCUT2D eigenvalue weighted by atomic mass is 35.5. The first-order valence-corrected chi connectivity index (χ1v) is 8.35. The second kappa shape index (κ2) is 7.58. The van der Waals surface area contributed by atoms with Crippen molar-refractivity contribution in [2.24, 2.45) is 0 Å². The van der Waals surface area contributed by atoms with E-state index in [1.807, 2.05) is 25.1 Å². The third-order valence-corrected chi connectivity index (χ3v) is 4.27. The number of amides is 1. The van der Waals surface area contributed by atoms with Crippen molar-refractivity contribution in [3.05, 3.63) is 64.5 Å². The lowest BCUT2D eigenvalue weighted by Gasteiger charge is -2.15. The molecule has 1 aromatic heterocycles. The van der Waals surface area contributed by atoms with Crippen molar-refractivity contribution >= 4 is 17.5 Å². The van der Waals surface area contributed by atoms with Crippen LogP contribution in [-0.2, 0) is 6.54 Å². The van der Waals surface area contributed by atoms with E-state index in [0.717, 1.165) is 11.3 Å². The normalized spacial score (nSPS) is 10.6. The Kier molecular flexibility index (Phi) is 5.23. The predicted octanol–water partition coefficient (Wildman–Crippen LogP) is 3.98. The van der Waals surface area contributed by atoms with Crippen molar-refractivity contribution in [2.75, 3.05) is 14.2 Å². The number of nitrogens with zero attached hydrogens (tertiary/aromatic N) is 3. The summed E-state index contributed by atoms with van der Waals surface area (Å²) in [6.45, 7) is 2.09. The molecule has 0 unspecified atom stereocenters. The van der Waals surface area contributed by atoms with Crippen molar-refractivity contribution in [1.82, 2.24) is 15.0 Å². The van der Waals surface area contributed by atoms with E-state index in [1.165, 1.54) is 4.90 Å². The smallest absolute Gasteiger partial charge is 0.254 e. The quantitative estimate of drug-likeness (QED) is 0.678. The fourth-order valence-corrected chi connectivity index (χ4v) is 2.80. The van der Waals surface area contributed by atoms with Crippen LogP contribution in [0.5, 0.6) is 5.75 Å². The van der Waals surface area contributed by atoms with E-state index in [-0.39, 0.29) is 12.5 Å². The van der Waals surface area contributed by atoms with Gasteiger partial charge in [-0.05, 0) is 42.8 Å². The van der Waals surface area contributed by atoms with Gasteiger partial charge in [0, 0.05) is 18.2 Å². The lowest BCUT2D eigenvalue weighted by atomic mass is 10.1. The minimum Gasteiger partial charge on any atom is -0.496 e. The largest absolute Gasteiger partial charge is 0.496 e. The summed E-state index contributed by atoms with van der Waals surface area (Å²) in [7, 11) is 3.28. The number of aromatic nitrogens is 2. The molecule has 7 heteroatoms. The zero-order chi connectivity index (χ0) is 18.7. The van der Waals surface area contributed by atoms with Crippen LogP contribution < -0.4 is 4.74 Å². The first-order chi connectivity index (χ1) is 12.5. The van der Waals surface area contributed by atoms with Crippen molar-refractivity contribution in [3.63, 3.8) is 0 Å². The molecule has 0 saturated carbocycles. The van der Waals surface area contributed by atoms with Crippen molar-refractivity contribution < 1.29 is 14.1 Å². The Labute approximate surface area is 156 Å². The van der Waals surface area contributed by atoms with Crippen LogP contribution in [0.25, 0.3) is 11.4 Å². The average Bonchev–Trinajstić information content (AvgIpc) is 3.09. The average molecular weight is 372 g/mol. The van der Waals surface area contributed by atoms with E-state index in [1.54, 1.807) is 38.4 Å². The number of hydrogen-bond donors (Lipinski definition) is 0. The van der Waals surface area contributed by atoms with Gasteiger partial charge >= 0.3 is 0 Å². The second-order valence-electron chi connectivity index (χ2n) is 5.84. The number of halogens is 1. The van der Waals surface area contributed by atoms with Gasteiger partial charge in [-0.25, -0.2) is 0 Å². The van der Waals surface area contributed by atoms with Crippen LogP contribution in [0, 0.1) is 6.92 Å². The Morgan fingerprint density at radius 2 is 2.04 bits per heavy atom. The molecule has 0 fully saturated rings. The fraction of sp³-hybridized carbons (Fsp3) is 0.211. The van der Waals surface area contributed by atoms with Gasteiger partial charge in [-0.3, -0.25) is 4.79 Å². The zero-order valence-corrected chi connectivity index (χ0v) is 15.4. The van der Waals surface area contributed by atoms with Crippen LogP contribution in [0.3, 0.4) is 0 Å². The number of carbonyl (C=O) groups is 1. The maximum absolute atomic E-state index is 12.6. The summed E-state index contributed by atoms with van der Waals surface area (Å²) in [5.74, 6) is 1.33. The Balaban J connectivity index is 1.74. The third-order valence-electron chi connectivity index (χ3n) is 3.94. The number of ether oxygens (including phenoxy) is 1. The molecule has 0 aliphatic rings. The van der Waals surface area contributed by atoms with Gasteiger partial charge in [-0.1, -0.05) is 28.9 Å². The molecule has 26 heavy (non-hydrogen) atoms. The zero-order valence-electron chi connectivity index (χ0n) is 14.7. The summed E-state index contributed by atoms with van der Waals surface area (Å²) in [5.41, 5.74) is 2.14. The van der Waals surface area contributed by atoms with Gasteiger partial charge in [-0.15, -0.1) is 0 Å². The third kappa shape index (κ3) is 3.70. The molecule has 6 nitrogen and oxygen atoms in total. The summed E-state index contributed by atoms with van der Waals surface area (Å²) < 4.78 is 10.5. The topological polar surface area (TPSA) is 68.5 Å². The summed E-state index contributed by atoms with van der Waals surface area (Å²) in [6, 6.07) is 12.5. The number of benzene rings is 2. The molecule has 0 N–H and O–H groups in total. The molecule has 1 amide bonds. The van der Waals surface area contributed by atoms with Crippen LogP contribution in [0.1, 0.15) is 21.8 Å². The van der Waals surface area contributed by atoms with Gasteiger partial charge in [0.15, 0.2) is 0 Å². The minimum atomic E-state index is -0.145. The maximum Gasteiger partial charge on any atom is 0.254 e. The SMILES string of the molecule is COc1ccc(C(=O)N(C)Cc2nc(-c3ccccc3Cl)no2)cc1C. The molecule has 0 saturated heterocycles. The van der Waals surface area contributed by atoms with Gasteiger partial charge < -0.3 is 14.2 Å². The van der Waals surface area contributed by atoms with Gasteiger partial charge in [0.05, 0.1) is 18.7 Å². The molecule has 0 bridgehead atoms. The highest BCUT2D eigenvalue weighted by molar-refractivity contribution is 6.33.